The van der Waals surface area contributed by atoms with E-state index in [1.807, 2.05) is 25.2 Å². The summed E-state index contributed by atoms with van der Waals surface area (Å²) in [6.45, 7) is 0.448. The number of nitrogens with one attached hydrogen (secondary N) is 1. The number of rotatable bonds is 3. The summed E-state index contributed by atoms with van der Waals surface area (Å²) in [5.41, 5.74) is 3.69. The molecule has 1 saturated heterocycles. The maximum Gasteiger partial charge on any atom is 0.237 e. The maximum absolute atomic E-state index is 11.5. The van der Waals surface area contributed by atoms with E-state index in [9.17, 15) is 4.79 Å². The van der Waals surface area contributed by atoms with Gasteiger partial charge in [0.15, 0.2) is 0 Å². The van der Waals surface area contributed by atoms with Crippen LogP contribution in [-0.2, 0) is 11.2 Å². The molecule has 1 heterocycles. The molecule has 0 unspecified atom stereocenters. The Morgan fingerprint density at radius 3 is 2.30 bits per heavy atom. The topological polar surface area (TPSA) is 32.3 Å². The molecule has 0 aliphatic carbocycles. The van der Waals surface area contributed by atoms with Crippen LogP contribution < -0.4 is 5.32 Å². The molecule has 2 aromatic rings. The van der Waals surface area contributed by atoms with Crippen LogP contribution in [0.2, 0.25) is 0 Å². The van der Waals surface area contributed by atoms with Gasteiger partial charge in [0, 0.05) is 13.5 Å². The molecular weight excluding hydrogens is 248 g/mol. The monoisotopic (exact) mass is 266 g/mol. The fourth-order valence-corrected chi connectivity index (χ4v) is 2.54. The second-order valence-electron chi connectivity index (χ2n) is 5.17. The third kappa shape index (κ3) is 2.58. The van der Waals surface area contributed by atoms with E-state index in [0.29, 0.717) is 6.54 Å². The summed E-state index contributed by atoms with van der Waals surface area (Å²) >= 11 is 0. The Labute approximate surface area is 119 Å². The summed E-state index contributed by atoms with van der Waals surface area (Å²) in [5, 5.41) is 3.23. The van der Waals surface area contributed by atoms with Crippen molar-refractivity contribution in [1.29, 1.82) is 0 Å². The van der Waals surface area contributed by atoms with Crippen molar-refractivity contribution >= 4 is 5.91 Å². The number of hydrogen-bond donors (Lipinski definition) is 1. The number of likely N-dealkylation sites (N-methyl/N-ethyl adjacent to an activating group) is 1. The van der Waals surface area contributed by atoms with Crippen molar-refractivity contribution in [1.82, 2.24) is 10.2 Å². The predicted molar refractivity (Wildman–Crippen MR) is 80.1 cm³/mol. The molecule has 1 amide bonds. The van der Waals surface area contributed by atoms with Gasteiger partial charge in [-0.1, -0.05) is 54.6 Å². The van der Waals surface area contributed by atoms with Gasteiger partial charge in [-0.25, -0.2) is 0 Å². The van der Waals surface area contributed by atoms with Crippen LogP contribution in [0.4, 0.5) is 0 Å². The van der Waals surface area contributed by atoms with Gasteiger partial charge in [0.05, 0.1) is 12.7 Å². The quantitative estimate of drug-likeness (QED) is 0.924. The number of amides is 1. The van der Waals surface area contributed by atoms with Crippen molar-refractivity contribution in [3.05, 3.63) is 60.2 Å². The summed E-state index contributed by atoms with van der Waals surface area (Å²) in [4.78, 5) is 13.3. The molecule has 1 N–H and O–H groups in total. The van der Waals surface area contributed by atoms with Gasteiger partial charge in [-0.05, 0) is 16.7 Å². The summed E-state index contributed by atoms with van der Waals surface area (Å²) < 4.78 is 0. The van der Waals surface area contributed by atoms with E-state index >= 15 is 0 Å². The van der Waals surface area contributed by atoms with Crippen LogP contribution >= 0.6 is 0 Å². The highest BCUT2D eigenvalue weighted by atomic mass is 16.2. The van der Waals surface area contributed by atoms with Gasteiger partial charge in [0.25, 0.3) is 0 Å². The molecule has 1 aliphatic heterocycles. The lowest BCUT2D eigenvalue weighted by molar-refractivity contribution is -0.126. The predicted octanol–water partition coefficient (Wildman–Crippen LogP) is 2.28. The lowest BCUT2D eigenvalue weighted by atomic mass is 10.0. The SMILES string of the molecule is CN1C(=O)CN[C@H]1Cc1ccc(-c2ccccc2)cc1. The first-order valence-corrected chi connectivity index (χ1v) is 6.87. The molecule has 1 fully saturated rings. The number of carbonyl (C=O) groups excluding carboxylic acids is 1. The standard InChI is InChI=1S/C17H18N2O/c1-19-16(18-12-17(19)20)11-13-7-9-15(10-8-13)14-5-3-2-4-6-14/h2-10,16,18H,11-12H2,1H3/t16-/m1/s1. The van der Waals surface area contributed by atoms with Crippen LogP contribution in [0.1, 0.15) is 5.56 Å². The summed E-state index contributed by atoms with van der Waals surface area (Å²) in [6.07, 6.45) is 0.960. The first-order valence-electron chi connectivity index (χ1n) is 6.87. The Kier molecular flexibility index (Phi) is 3.52. The van der Waals surface area contributed by atoms with Crippen LogP contribution in [0.3, 0.4) is 0 Å². The van der Waals surface area contributed by atoms with Crippen molar-refractivity contribution < 1.29 is 4.79 Å². The van der Waals surface area contributed by atoms with Gasteiger partial charge in [-0.2, -0.15) is 0 Å². The average molecular weight is 266 g/mol. The van der Waals surface area contributed by atoms with E-state index in [1.54, 1.807) is 4.90 Å². The second-order valence-corrected chi connectivity index (χ2v) is 5.17. The molecule has 3 heteroatoms. The van der Waals surface area contributed by atoms with Crippen molar-refractivity contribution in [2.75, 3.05) is 13.6 Å². The van der Waals surface area contributed by atoms with E-state index in [-0.39, 0.29) is 12.1 Å². The van der Waals surface area contributed by atoms with Crippen LogP contribution in [0.15, 0.2) is 54.6 Å². The Morgan fingerprint density at radius 2 is 1.70 bits per heavy atom. The molecule has 2 aromatic carbocycles. The molecule has 20 heavy (non-hydrogen) atoms. The minimum atomic E-state index is 0.116. The molecule has 102 valence electrons. The average Bonchev–Trinajstić information content (AvgIpc) is 2.81. The number of benzene rings is 2. The fraction of sp³-hybridized carbons (Fsp3) is 0.235. The number of hydrogen-bond acceptors (Lipinski definition) is 2. The van der Waals surface area contributed by atoms with Gasteiger partial charge in [0.2, 0.25) is 5.91 Å². The lowest BCUT2D eigenvalue weighted by Gasteiger charge is -2.19. The lowest BCUT2D eigenvalue weighted by Crippen LogP contribution is -2.35. The van der Waals surface area contributed by atoms with Gasteiger partial charge in [0.1, 0.15) is 0 Å². The molecule has 0 spiro atoms. The molecule has 1 atom stereocenters. The molecule has 0 radical (unpaired) electrons. The van der Waals surface area contributed by atoms with Crippen LogP contribution in [0.25, 0.3) is 11.1 Å². The first kappa shape index (κ1) is 12.9. The van der Waals surface area contributed by atoms with Gasteiger partial charge in [-0.3, -0.25) is 10.1 Å². The van der Waals surface area contributed by atoms with Crippen molar-refractivity contribution in [3.8, 4) is 11.1 Å². The van der Waals surface area contributed by atoms with Crippen LogP contribution in [0, 0.1) is 0 Å². The Bertz CT molecular complexity index is 592. The van der Waals surface area contributed by atoms with Crippen molar-refractivity contribution in [2.45, 2.75) is 12.6 Å². The molecule has 1 aliphatic rings. The number of nitrogens with zero attached hydrogens (tertiary/aromatic N) is 1. The van der Waals surface area contributed by atoms with E-state index in [4.69, 9.17) is 0 Å². The van der Waals surface area contributed by atoms with E-state index in [1.165, 1.54) is 16.7 Å². The summed E-state index contributed by atoms with van der Waals surface area (Å²) in [7, 11) is 1.85. The Hall–Kier alpha value is -2.13. The minimum absolute atomic E-state index is 0.116. The second kappa shape index (κ2) is 5.47. The highest BCUT2D eigenvalue weighted by molar-refractivity contribution is 5.80. The first-order chi connectivity index (χ1) is 9.74. The fourth-order valence-electron chi connectivity index (χ4n) is 2.54. The van der Waals surface area contributed by atoms with Gasteiger partial charge in [-0.15, -0.1) is 0 Å². The normalized spacial score (nSPS) is 18.6. The smallest absolute Gasteiger partial charge is 0.237 e. The third-order valence-corrected chi connectivity index (χ3v) is 3.84. The van der Waals surface area contributed by atoms with Crippen molar-refractivity contribution in [2.24, 2.45) is 0 Å². The van der Waals surface area contributed by atoms with E-state index in [2.05, 4.69) is 41.7 Å². The molecule has 0 aromatic heterocycles. The van der Waals surface area contributed by atoms with Crippen LogP contribution in [-0.4, -0.2) is 30.6 Å². The van der Waals surface area contributed by atoms with Gasteiger partial charge >= 0.3 is 0 Å². The molecular formula is C17H18N2O. The molecule has 3 nitrogen and oxygen atoms in total. The zero-order chi connectivity index (χ0) is 13.9. The zero-order valence-electron chi connectivity index (χ0n) is 11.5. The molecule has 3 rings (SSSR count). The Balaban J connectivity index is 1.72. The third-order valence-electron chi connectivity index (χ3n) is 3.84. The zero-order valence-corrected chi connectivity index (χ0v) is 11.5. The molecule has 0 bridgehead atoms. The van der Waals surface area contributed by atoms with E-state index < -0.39 is 0 Å². The highest BCUT2D eigenvalue weighted by Gasteiger charge is 2.26. The summed E-state index contributed by atoms with van der Waals surface area (Å²) in [5.74, 6) is 0.163. The summed E-state index contributed by atoms with van der Waals surface area (Å²) in [6, 6.07) is 18.9. The Morgan fingerprint density at radius 1 is 1.05 bits per heavy atom. The van der Waals surface area contributed by atoms with Crippen LogP contribution in [0.5, 0.6) is 0 Å². The van der Waals surface area contributed by atoms with Gasteiger partial charge < -0.3 is 4.90 Å². The highest BCUT2D eigenvalue weighted by Crippen LogP contribution is 2.20. The van der Waals surface area contributed by atoms with Crippen molar-refractivity contribution in [3.63, 3.8) is 0 Å². The van der Waals surface area contributed by atoms with E-state index in [0.717, 1.165) is 6.42 Å². The maximum atomic E-state index is 11.5. The number of carbonyl (C=O) groups is 1. The molecule has 0 saturated carbocycles. The minimum Gasteiger partial charge on any atom is -0.329 e. The largest absolute Gasteiger partial charge is 0.329 e.